The fourth-order valence-corrected chi connectivity index (χ4v) is 5.12. The van der Waals surface area contributed by atoms with Crippen molar-refractivity contribution in [3.8, 4) is 0 Å². The number of thiazole rings is 1. The number of nitrogens with zero attached hydrogens (tertiary/aromatic N) is 5. The van der Waals surface area contributed by atoms with Gasteiger partial charge in [-0.25, -0.2) is 9.78 Å². The number of hydrogen-bond acceptors (Lipinski definition) is 7. The van der Waals surface area contributed by atoms with E-state index >= 15 is 0 Å². The molecule has 0 saturated carbocycles. The normalized spacial score (nSPS) is 18.9. The predicted molar refractivity (Wildman–Crippen MR) is 125 cm³/mol. The number of carbonyl (C=O) groups is 2. The maximum absolute atomic E-state index is 13.3. The average molecular weight is 514 g/mol. The van der Waals surface area contributed by atoms with Crippen LogP contribution in [-0.4, -0.2) is 86.6 Å². The molecule has 192 valence electrons. The number of pyridine rings is 1. The van der Waals surface area contributed by atoms with Gasteiger partial charge in [-0.3, -0.25) is 19.6 Å². The highest BCUT2D eigenvalue weighted by Crippen LogP contribution is 2.35. The fraction of sp³-hybridized carbons (Fsp3) is 0.565. The third kappa shape index (κ3) is 6.77. The zero-order chi connectivity index (χ0) is 25.8. The molecule has 4 heterocycles. The molecule has 2 aromatic rings. The van der Waals surface area contributed by atoms with Crippen LogP contribution < -0.4 is 0 Å². The van der Waals surface area contributed by atoms with Crippen LogP contribution in [0.25, 0.3) is 0 Å². The lowest BCUT2D eigenvalue weighted by Crippen LogP contribution is -2.67. The molecule has 2 aliphatic heterocycles. The van der Waals surface area contributed by atoms with Crippen molar-refractivity contribution < 1.29 is 27.9 Å². The molecule has 0 unspecified atom stereocenters. The first-order valence-electron chi connectivity index (χ1n) is 11.3. The van der Waals surface area contributed by atoms with Gasteiger partial charge in [0.25, 0.3) is 0 Å². The monoisotopic (exact) mass is 513 g/mol. The van der Waals surface area contributed by atoms with Gasteiger partial charge in [-0.05, 0) is 38.8 Å². The summed E-state index contributed by atoms with van der Waals surface area (Å²) in [7, 11) is 1.94. The summed E-state index contributed by atoms with van der Waals surface area (Å²) in [6.45, 7) is 9.24. The second kappa shape index (κ2) is 11.0. The Labute approximate surface area is 206 Å². The lowest BCUT2D eigenvalue weighted by atomic mass is 9.82. The van der Waals surface area contributed by atoms with Crippen LogP contribution in [0.5, 0.6) is 0 Å². The SMILES string of the molecule is Cc1cccc(CN2CCC3(CC2)C(=O)N(C)CCN3Cc2csc(C)n2)n1.O=C(O)C(F)(F)F. The molecular weight excluding hydrogens is 483 g/mol. The van der Waals surface area contributed by atoms with E-state index in [-0.39, 0.29) is 11.4 Å². The van der Waals surface area contributed by atoms with Crippen molar-refractivity contribution in [2.45, 2.75) is 51.5 Å². The number of carboxylic acid groups (broad SMARTS) is 1. The molecule has 2 fully saturated rings. The van der Waals surface area contributed by atoms with Gasteiger partial charge in [0.15, 0.2) is 0 Å². The molecule has 0 aromatic carbocycles. The third-order valence-electron chi connectivity index (χ3n) is 6.33. The average Bonchev–Trinajstić information content (AvgIpc) is 3.20. The molecule has 1 amide bonds. The maximum Gasteiger partial charge on any atom is 0.490 e. The molecule has 1 spiro atoms. The Balaban J connectivity index is 0.000000429. The molecule has 0 bridgehead atoms. The van der Waals surface area contributed by atoms with Crippen molar-refractivity contribution in [2.75, 3.05) is 33.2 Å². The molecule has 0 radical (unpaired) electrons. The molecule has 12 heteroatoms. The maximum atomic E-state index is 13.3. The van der Waals surface area contributed by atoms with Crippen molar-refractivity contribution in [2.24, 2.45) is 0 Å². The van der Waals surface area contributed by atoms with E-state index in [9.17, 15) is 18.0 Å². The number of aryl methyl sites for hydroxylation is 2. The number of aromatic nitrogens is 2. The molecule has 35 heavy (non-hydrogen) atoms. The van der Waals surface area contributed by atoms with Crippen molar-refractivity contribution in [1.82, 2.24) is 24.7 Å². The van der Waals surface area contributed by atoms with Gasteiger partial charge in [-0.2, -0.15) is 13.2 Å². The van der Waals surface area contributed by atoms with Gasteiger partial charge >= 0.3 is 12.1 Å². The molecular formula is C23H30F3N5O3S. The Bertz CT molecular complexity index is 1040. The lowest BCUT2D eigenvalue weighted by Gasteiger charge is -2.52. The van der Waals surface area contributed by atoms with Gasteiger partial charge < -0.3 is 10.0 Å². The van der Waals surface area contributed by atoms with Gasteiger partial charge in [-0.1, -0.05) is 6.07 Å². The van der Waals surface area contributed by atoms with Crippen LogP contribution in [0.4, 0.5) is 13.2 Å². The van der Waals surface area contributed by atoms with E-state index in [1.165, 1.54) is 0 Å². The number of carbonyl (C=O) groups excluding carboxylic acids is 1. The molecule has 2 aliphatic rings. The van der Waals surface area contributed by atoms with E-state index < -0.39 is 12.1 Å². The number of amides is 1. The summed E-state index contributed by atoms with van der Waals surface area (Å²) < 4.78 is 31.7. The minimum atomic E-state index is -5.08. The molecule has 8 nitrogen and oxygen atoms in total. The first-order chi connectivity index (χ1) is 16.4. The van der Waals surface area contributed by atoms with Crippen molar-refractivity contribution in [3.63, 3.8) is 0 Å². The minimum Gasteiger partial charge on any atom is -0.475 e. The summed E-state index contributed by atoms with van der Waals surface area (Å²) in [5.41, 5.74) is 2.87. The van der Waals surface area contributed by atoms with E-state index in [1.54, 1.807) is 11.3 Å². The van der Waals surface area contributed by atoms with Gasteiger partial charge in [0.05, 0.1) is 16.4 Å². The Morgan fingerprint density at radius 2 is 1.74 bits per heavy atom. The van der Waals surface area contributed by atoms with Gasteiger partial charge in [0.1, 0.15) is 5.54 Å². The van der Waals surface area contributed by atoms with Crippen LogP contribution in [0.2, 0.25) is 0 Å². The van der Waals surface area contributed by atoms with Crippen molar-refractivity contribution in [1.29, 1.82) is 0 Å². The Kier molecular flexibility index (Phi) is 8.50. The standard InChI is InChI=1S/C21H29N5OS.C2HF3O2/c1-16-5-4-6-18(22-16)13-25-9-7-21(8-10-25)20(27)24(3)11-12-26(21)14-19-15-28-17(2)23-19;3-2(4,5)1(6)7/h4-6,15H,7-14H2,1-3H3;(H,6,7). The van der Waals surface area contributed by atoms with Gasteiger partial charge in [0.2, 0.25) is 5.91 Å². The number of alkyl halides is 3. The van der Waals surface area contributed by atoms with Gasteiger partial charge in [-0.15, -0.1) is 11.3 Å². The largest absolute Gasteiger partial charge is 0.490 e. The predicted octanol–water partition coefficient (Wildman–Crippen LogP) is 3.10. The van der Waals surface area contributed by atoms with E-state index in [1.807, 2.05) is 31.9 Å². The van der Waals surface area contributed by atoms with Gasteiger partial charge in [0, 0.05) is 57.4 Å². The zero-order valence-corrected chi connectivity index (χ0v) is 20.8. The van der Waals surface area contributed by atoms with Crippen LogP contribution >= 0.6 is 11.3 Å². The first kappa shape index (κ1) is 27.0. The quantitative estimate of drug-likeness (QED) is 0.672. The Morgan fingerprint density at radius 1 is 1.09 bits per heavy atom. The Hall–Kier alpha value is -2.57. The number of piperazine rings is 1. The van der Waals surface area contributed by atoms with Crippen LogP contribution in [0, 0.1) is 13.8 Å². The first-order valence-corrected chi connectivity index (χ1v) is 12.2. The second-order valence-corrected chi connectivity index (χ2v) is 9.95. The van der Waals surface area contributed by atoms with Crippen molar-refractivity contribution >= 4 is 23.2 Å². The number of carboxylic acids is 1. The highest BCUT2D eigenvalue weighted by molar-refractivity contribution is 7.09. The summed E-state index contributed by atoms with van der Waals surface area (Å²) in [6.07, 6.45) is -3.35. The molecule has 0 atom stereocenters. The van der Waals surface area contributed by atoms with E-state index in [4.69, 9.17) is 9.90 Å². The van der Waals surface area contributed by atoms with Crippen LogP contribution in [0.15, 0.2) is 23.6 Å². The highest BCUT2D eigenvalue weighted by atomic mass is 32.1. The van der Waals surface area contributed by atoms with Crippen LogP contribution in [-0.2, 0) is 22.7 Å². The number of piperidine rings is 1. The van der Waals surface area contributed by atoms with Crippen LogP contribution in [0.3, 0.4) is 0 Å². The summed E-state index contributed by atoms with van der Waals surface area (Å²) in [6, 6.07) is 6.19. The van der Waals surface area contributed by atoms with E-state index in [2.05, 4.69) is 37.3 Å². The lowest BCUT2D eigenvalue weighted by molar-refractivity contribution is -0.192. The fourth-order valence-electron chi connectivity index (χ4n) is 4.51. The van der Waals surface area contributed by atoms with E-state index in [0.717, 1.165) is 74.2 Å². The number of halogens is 3. The molecule has 4 rings (SSSR count). The minimum absolute atomic E-state index is 0.277. The number of aliphatic carboxylic acids is 1. The summed E-state index contributed by atoms with van der Waals surface area (Å²) in [5, 5.41) is 10.3. The highest BCUT2D eigenvalue weighted by Gasteiger charge is 2.49. The second-order valence-electron chi connectivity index (χ2n) is 8.89. The zero-order valence-electron chi connectivity index (χ0n) is 20.0. The number of hydrogen-bond donors (Lipinski definition) is 1. The molecule has 1 N–H and O–H groups in total. The summed E-state index contributed by atoms with van der Waals surface area (Å²) in [5.74, 6) is -2.48. The summed E-state index contributed by atoms with van der Waals surface area (Å²) in [4.78, 5) is 38.2. The number of rotatable bonds is 4. The molecule has 2 aromatic heterocycles. The number of likely N-dealkylation sites (N-methyl/N-ethyl adjacent to an activating group) is 1. The van der Waals surface area contributed by atoms with E-state index in [0.29, 0.717) is 0 Å². The summed E-state index contributed by atoms with van der Waals surface area (Å²) >= 11 is 1.68. The number of likely N-dealkylation sites (tertiary alicyclic amines) is 1. The third-order valence-corrected chi connectivity index (χ3v) is 7.15. The van der Waals surface area contributed by atoms with Crippen LogP contribution in [0.1, 0.15) is 34.9 Å². The van der Waals surface area contributed by atoms with Crippen molar-refractivity contribution in [3.05, 3.63) is 45.7 Å². The smallest absolute Gasteiger partial charge is 0.475 e. The topological polar surface area (TPSA) is 89.9 Å². The Morgan fingerprint density at radius 3 is 2.29 bits per heavy atom. The molecule has 0 aliphatic carbocycles. The molecule has 2 saturated heterocycles.